The van der Waals surface area contributed by atoms with E-state index in [9.17, 15) is 9.50 Å². The second-order valence-electron chi connectivity index (χ2n) is 4.55. The zero-order chi connectivity index (χ0) is 13.2. The first-order valence-corrected chi connectivity index (χ1v) is 6.09. The first-order chi connectivity index (χ1) is 8.49. The van der Waals surface area contributed by atoms with Crippen LogP contribution in [0, 0.1) is 5.82 Å². The molecule has 0 aliphatic rings. The molecule has 0 amide bonds. The maximum Gasteiger partial charge on any atom is 0.123 e. The molecule has 2 aromatic rings. The molecule has 0 saturated heterocycles. The number of hydrogen-bond donors (Lipinski definition) is 1. The zero-order valence-corrected chi connectivity index (χ0v) is 10.8. The molecule has 94 valence electrons. The van der Waals surface area contributed by atoms with E-state index >= 15 is 0 Å². The van der Waals surface area contributed by atoms with Crippen molar-refractivity contribution in [1.82, 2.24) is 0 Å². The number of benzene rings is 2. The van der Waals surface area contributed by atoms with Gasteiger partial charge in [-0.1, -0.05) is 41.9 Å². The fourth-order valence-corrected chi connectivity index (χ4v) is 2.13. The van der Waals surface area contributed by atoms with Crippen LogP contribution >= 0.6 is 11.6 Å². The summed E-state index contributed by atoms with van der Waals surface area (Å²) in [5, 5.41) is 11.1. The third kappa shape index (κ3) is 2.89. The highest BCUT2D eigenvalue weighted by atomic mass is 35.5. The molecule has 1 nitrogen and oxygen atoms in total. The maximum absolute atomic E-state index is 12.9. The molecule has 1 atom stereocenters. The summed E-state index contributed by atoms with van der Waals surface area (Å²) < 4.78 is 12.9. The van der Waals surface area contributed by atoms with Gasteiger partial charge in [-0.2, -0.15) is 0 Å². The maximum atomic E-state index is 12.9. The minimum atomic E-state index is -1.07. The quantitative estimate of drug-likeness (QED) is 0.891. The van der Waals surface area contributed by atoms with Gasteiger partial charge in [0, 0.05) is 11.4 Å². The molecule has 0 aliphatic carbocycles. The third-order valence-electron chi connectivity index (χ3n) is 2.96. The molecular weight excluding hydrogens is 251 g/mol. The Hall–Kier alpha value is -1.38. The monoisotopic (exact) mass is 264 g/mol. The number of rotatable bonds is 3. The lowest BCUT2D eigenvalue weighted by atomic mass is 9.89. The highest BCUT2D eigenvalue weighted by Gasteiger charge is 2.24. The van der Waals surface area contributed by atoms with Gasteiger partial charge in [-0.25, -0.2) is 4.39 Å². The van der Waals surface area contributed by atoms with Crippen molar-refractivity contribution in [3.05, 3.63) is 70.5 Å². The Morgan fingerprint density at radius 1 is 1.11 bits per heavy atom. The minimum absolute atomic E-state index is 0.313. The van der Waals surface area contributed by atoms with Crippen LogP contribution in [0.4, 0.5) is 4.39 Å². The van der Waals surface area contributed by atoms with Crippen LogP contribution in [0.15, 0.2) is 48.5 Å². The molecule has 0 saturated carbocycles. The first kappa shape index (κ1) is 13.1. The Morgan fingerprint density at radius 2 is 1.72 bits per heavy atom. The summed E-state index contributed by atoms with van der Waals surface area (Å²) in [6, 6.07) is 13.3. The van der Waals surface area contributed by atoms with Crippen LogP contribution in [-0.4, -0.2) is 5.11 Å². The molecule has 0 bridgehead atoms. The second kappa shape index (κ2) is 5.09. The van der Waals surface area contributed by atoms with Gasteiger partial charge in [0.1, 0.15) is 5.82 Å². The molecule has 18 heavy (non-hydrogen) atoms. The molecule has 0 aliphatic heterocycles. The molecule has 1 unspecified atom stereocenters. The van der Waals surface area contributed by atoms with E-state index in [4.69, 9.17) is 11.6 Å². The van der Waals surface area contributed by atoms with Crippen LogP contribution in [0.25, 0.3) is 0 Å². The fourth-order valence-electron chi connectivity index (χ4n) is 1.92. The van der Waals surface area contributed by atoms with E-state index in [2.05, 4.69) is 0 Å². The topological polar surface area (TPSA) is 20.2 Å². The molecule has 0 aromatic heterocycles. The molecule has 2 aromatic carbocycles. The van der Waals surface area contributed by atoms with Crippen LogP contribution < -0.4 is 0 Å². The Morgan fingerprint density at radius 3 is 2.33 bits per heavy atom. The van der Waals surface area contributed by atoms with Gasteiger partial charge >= 0.3 is 0 Å². The lowest BCUT2D eigenvalue weighted by Gasteiger charge is -2.24. The molecular formula is C15H14ClFO. The Balaban J connectivity index is 2.27. The number of halogens is 2. The molecule has 3 heteroatoms. The predicted molar refractivity (Wildman–Crippen MR) is 71.1 cm³/mol. The van der Waals surface area contributed by atoms with Gasteiger partial charge in [0.15, 0.2) is 0 Å². The molecule has 0 heterocycles. The van der Waals surface area contributed by atoms with Gasteiger partial charge in [-0.3, -0.25) is 0 Å². The smallest absolute Gasteiger partial charge is 0.123 e. The molecule has 0 spiro atoms. The van der Waals surface area contributed by atoms with Gasteiger partial charge in [0.25, 0.3) is 0 Å². The summed E-state index contributed by atoms with van der Waals surface area (Å²) in [6.45, 7) is 1.70. The molecule has 0 radical (unpaired) electrons. The first-order valence-electron chi connectivity index (χ1n) is 5.71. The Kier molecular flexibility index (Phi) is 3.69. The summed E-state index contributed by atoms with van der Waals surface area (Å²) in [5.74, 6) is -0.313. The Bertz CT molecular complexity index is 534. The van der Waals surface area contributed by atoms with E-state index in [1.165, 1.54) is 12.1 Å². The van der Waals surface area contributed by atoms with Gasteiger partial charge in [0.05, 0.1) is 5.60 Å². The average Bonchev–Trinajstić information content (AvgIpc) is 2.32. The van der Waals surface area contributed by atoms with Crippen molar-refractivity contribution in [2.24, 2.45) is 0 Å². The molecule has 2 rings (SSSR count). The van der Waals surface area contributed by atoms with E-state index in [0.717, 1.165) is 5.56 Å². The Labute approximate surface area is 111 Å². The van der Waals surface area contributed by atoms with Crippen molar-refractivity contribution in [1.29, 1.82) is 0 Å². The van der Waals surface area contributed by atoms with Gasteiger partial charge in [0.2, 0.25) is 0 Å². The van der Waals surface area contributed by atoms with Crippen LogP contribution in [0.5, 0.6) is 0 Å². The lowest BCUT2D eigenvalue weighted by Crippen LogP contribution is -2.24. The van der Waals surface area contributed by atoms with Gasteiger partial charge in [-0.15, -0.1) is 0 Å². The standard InChI is InChI=1S/C15H14ClFO/c1-15(18,12-6-8-13(17)9-7-12)10-11-4-2-3-5-14(11)16/h2-9,18H,10H2,1H3. The van der Waals surface area contributed by atoms with Gasteiger partial charge < -0.3 is 5.11 Å². The van der Waals surface area contributed by atoms with E-state index in [0.29, 0.717) is 17.0 Å². The van der Waals surface area contributed by atoms with Crippen molar-refractivity contribution in [3.63, 3.8) is 0 Å². The SMILES string of the molecule is CC(O)(Cc1ccccc1Cl)c1ccc(F)cc1. The van der Waals surface area contributed by atoms with E-state index in [-0.39, 0.29) is 5.82 Å². The second-order valence-corrected chi connectivity index (χ2v) is 4.96. The van der Waals surface area contributed by atoms with E-state index in [1.54, 1.807) is 25.1 Å². The highest BCUT2D eigenvalue weighted by Crippen LogP contribution is 2.28. The molecule has 1 N–H and O–H groups in total. The van der Waals surface area contributed by atoms with Crippen molar-refractivity contribution >= 4 is 11.6 Å². The van der Waals surface area contributed by atoms with Crippen LogP contribution in [0.3, 0.4) is 0 Å². The number of aliphatic hydroxyl groups is 1. The lowest BCUT2D eigenvalue weighted by molar-refractivity contribution is 0.0576. The summed E-state index contributed by atoms with van der Waals surface area (Å²) in [5.41, 5.74) is 0.468. The zero-order valence-electron chi connectivity index (χ0n) is 10.0. The average molecular weight is 265 g/mol. The van der Waals surface area contributed by atoms with Crippen LogP contribution in [0.2, 0.25) is 5.02 Å². The molecule has 0 fully saturated rings. The van der Waals surface area contributed by atoms with Crippen LogP contribution in [-0.2, 0) is 12.0 Å². The van der Waals surface area contributed by atoms with Crippen molar-refractivity contribution in [3.8, 4) is 0 Å². The van der Waals surface area contributed by atoms with Crippen molar-refractivity contribution in [2.75, 3.05) is 0 Å². The summed E-state index contributed by atoms with van der Waals surface area (Å²) in [6.07, 6.45) is 0.387. The highest BCUT2D eigenvalue weighted by molar-refractivity contribution is 6.31. The summed E-state index contributed by atoms with van der Waals surface area (Å²) >= 11 is 6.07. The minimum Gasteiger partial charge on any atom is -0.385 e. The normalized spacial score (nSPS) is 14.2. The summed E-state index contributed by atoms with van der Waals surface area (Å²) in [4.78, 5) is 0. The van der Waals surface area contributed by atoms with Crippen molar-refractivity contribution in [2.45, 2.75) is 18.9 Å². The number of hydrogen-bond acceptors (Lipinski definition) is 1. The largest absolute Gasteiger partial charge is 0.385 e. The predicted octanol–water partition coefficient (Wildman–Crippen LogP) is 3.93. The van der Waals surface area contributed by atoms with Gasteiger partial charge in [-0.05, 0) is 36.2 Å². The van der Waals surface area contributed by atoms with Crippen LogP contribution in [0.1, 0.15) is 18.1 Å². The fraction of sp³-hybridized carbons (Fsp3) is 0.200. The summed E-state index contributed by atoms with van der Waals surface area (Å²) in [7, 11) is 0. The third-order valence-corrected chi connectivity index (χ3v) is 3.33. The van der Waals surface area contributed by atoms with E-state index < -0.39 is 5.60 Å². The van der Waals surface area contributed by atoms with E-state index in [1.807, 2.05) is 18.2 Å². The van der Waals surface area contributed by atoms with Crippen molar-refractivity contribution < 1.29 is 9.50 Å².